The number of aromatic nitrogens is 2. The molecule has 0 unspecified atom stereocenters. The van der Waals surface area contributed by atoms with E-state index in [0.29, 0.717) is 25.8 Å². The van der Waals surface area contributed by atoms with Crippen LogP contribution in [0.1, 0.15) is 30.0 Å². The third-order valence-corrected chi connectivity index (χ3v) is 4.68. The molecule has 1 fully saturated rings. The van der Waals surface area contributed by atoms with Crippen molar-refractivity contribution >= 4 is 0 Å². The Bertz CT molecular complexity index is 673. The van der Waals surface area contributed by atoms with Gasteiger partial charge in [-0.3, -0.25) is 9.58 Å². The van der Waals surface area contributed by atoms with Crippen LogP contribution in [0.2, 0.25) is 0 Å². The lowest BCUT2D eigenvalue weighted by atomic mass is 10.1. The molecule has 0 amide bonds. The highest BCUT2D eigenvalue weighted by Gasteiger charge is 2.28. The first kappa shape index (κ1) is 17.9. The zero-order valence-corrected chi connectivity index (χ0v) is 15.0. The van der Waals surface area contributed by atoms with Gasteiger partial charge in [0.05, 0.1) is 32.6 Å². The summed E-state index contributed by atoms with van der Waals surface area (Å²) in [7, 11) is 3.59. The fourth-order valence-corrected chi connectivity index (χ4v) is 3.48. The third kappa shape index (κ3) is 4.60. The molecule has 0 saturated carbocycles. The van der Waals surface area contributed by atoms with Gasteiger partial charge in [0.1, 0.15) is 5.75 Å². The molecule has 2 aromatic rings. The Kier molecular flexibility index (Phi) is 6.07. The smallest absolute Gasteiger partial charge is 0.124 e. The molecule has 1 aliphatic rings. The summed E-state index contributed by atoms with van der Waals surface area (Å²) in [4.78, 5) is 2.33. The second-order valence-electron chi connectivity index (χ2n) is 6.58. The van der Waals surface area contributed by atoms with Gasteiger partial charge in [-0.1, -0.05) is 18.2 Å². The van der Waals surface area contributed by atoms with Crippen LogP contribution in [0.15, 0.2) is 36.7 Å². The molecule has 6 heteroatoms. The molecule has 1 saturated heterocycles. The normalized spacial score (nSPS) is 19.2. The van der Waals surface area contributed by atoms with Gasteiger partial charge in [0, 0.05) is 37.0 Å². The molecular formula is C19H27N3O3. The predicted octanol–water partition coefficient (Wildman–Crippen LogP) is 2.14. The van der Waals surface area contributed by atoms with E-state index in [1.807, 2.05) is 42.2 Å². The Balaban J connectivity index is 1.48. The van der Waals surface area contributed by atoms with E-state index in [4.69, 9.17) is 9.47 Å². The number of rotatable bonds is 8. The van der Waals surface area contributed by atoms with Crippen LogP contribution in [-0.2, 0) is 18.4 Å². The van der Waals surface area contributed by atoms with E-state index in [2.05, 4.69) is 16.2 Å². The average molecular weight is 345 g/mol. The minimum Gasteiger partial charge on any atom is -0.496 e. The van der Waals surface area contributed by atoms with Crippen molar-refractivity contribution in [3.63, 3.8) is 0 Å². The number of hydrogen-bond acceptors (Lipinski definition) is 5. The molecular weight excluding hydrogens is 318 g/mol. The van der Waals surface area contributed by atoms with Crippen LogP contribution in [0.4, 0.5) is 0 Å². The number of benzene rings is 1. The van der Waals surface area contributed by atoms with Crippen LogP contribution in [-0.4, -0.2) is 52.7 Å². The first-order valence-corrected chi connectivity index (χ1v) is 8.77. The minimum atomic E-state index is -0.507. The molecule has 0 spiro atoms. The van der Waals surface area contributed by atoms with Crippen molar-refractivity contribution in [1.82, 2.24) is 14.7 Å². The summed E-state index contributed by atoms with van der Waals surface area (Å²) in [5, 5.41) is 14.6. The van der Waals surface area contributed by atoms with E-state index < -0.39 is 6.10 Å². The number of β-amino-alcohol motifs (C(OH)–C–C–N with tert-alkyl or cyclic N) is 1. The van der Waals surface area contributed by atoms with E-state index in [0.717, 1.165) is 30.7 Å². The van der Waals surface area contributed by atoms with Gasteiger partial charge in [-0.25, -0.2) is 0 Å². The third-order valence-electron chi connectivity index (χ3n) is 4.68. The zero-order valence-electron chi connectivity index (χ0n) is 15.0. The van der Waals surface area contributed by atoms with E-state index in [1.165, 1.54) is 5.56 Å². The topological polar surface area (TPSA) is 59.8 Å². The Hall–Kier alpha value is -1.89. The number of likely N-dealkylation sites (tertiary alicyclic amines) is 1. The number of ether oxygens (including phenoxy) is 2. The SMILES string of the molecule is COc1ccccc1COC[C@H](O)CN1CCC[C@H]1c1cnn(C)c1. The lowest BCUT2D eigenvalue weighted by Gasteiger charge is -2.26. The highest BCUT2D eigenvalue weighted by molar-refractivity contribution is 5.32. The van der Waals surface area contributed by atoms with Crippen molar-refractivity contribution in [1.29, 1.82) is 0 Å². The Labute approximate surface area is 149 Å². The summed E-state index contributed by atoms with van der Waals surface area (Å²) >= 11 is 0. The van der Waals surface area contributed by atoms with Gasteiger partial charge in [-0.15, -0.1) is 0 Å². The van der Waals surface area contributed by atoms with Crippen molar-refractivity contribution in [2.45, 2.75) is 31.6 Å². The van der Waals surface area contributed by atoms with Gasteiger partial charge in [-0.2, -0.15) is 5.10 Å². The van der Waals surface area contributed by atoms with Crippen molar-refractivity contribution in [3.05, 3.63) is 47.8 Å². The van der Waals surface area contributed by atoms with Gasteiger partial charge in [0.2, 0.25) is 0 Å². The summed E-state index contributed by atoms with van der Waals surface area (Å²) in [6, 6.07) is 8.13. The molecule has 25 heavy (non-hydrogen) atoms. The largest absolute Gasteiger partial charge is 0.496 e. The van der Waals surface area contributed by atoms with Crippen LogP contribution >= 0.6 is 0 Å². The first-order valence-electron chi connectivity index (χ1n) is 8.77. The summed E-state index contributed by atoms with van der Waals surface area (Å²) < 4.78 is 12.9. The second kappa shape index (κ2) is 8.47. The fourth-order valence-electron chi connectivity index (χ4n) is 3.48. The first-order chi connectivity index (χ1) is 12.2. The van der Waals surface area contributed by atoms with Gasteiger partial charge in [0.25, 0.3) is 0 Å². The lowest BCUT2D eigenvalue weighted by Crippen LogP contribution is -2.34. The maximum atomic E-state index is 10.4. The minimum absolute atomic E-state index is 0.314. The molecule has 0 bridgehead atoms. The molecule has 2 atom stereocenters. The van der Waals surface area contributed by atoms with Gasteiger partial charge in [0.15, 0.2) is 0 Å². The quantitative estimate of drug-likeness (QED) is 0.794. The van der Waals surface area contributed by atoms with Crippen LogP contribution in [0.3, 0.4) is 0 Å². The number of aliphatic hydroxyl groups is 1. The summed E-state index contributed by atoms with van der Waals surface area (Å²) in [5.41, 5.74) is 2.22. The molecule has 1 N–H and O–H groups in total. The van der Waals surface area contributed by atoms with Crippen LogP contribution in [0, 0.1) is 0 Å². The highest BCUT2D eigenvalue weighted by atomic mass is 16.5. The predicted molar refractivity (Wildman–Crippen MR) is 95.4 cm³/mol. The maximum absolute atomic E-state index is 10.4. The number of aryl methyl sites for hydroxylation is 1. The number of nitrogens with zero attached hydrogens (tertiary/aromatic N) is 3. The van der Waals surface area contributed by atoms with Crippen LogP contribution in [0.25, 0.3) is 0 Å². The van der Waals surface area contributed by atoms with Crippen molar-refractivity contribution in [3.8, 4) is 5.75 Å². The van der Waals surface area contributed by atoms with Crippen LogP contribution < -0.4 is 4.74 Å². The molecule has 6 nitrogen and oxygen atoms in total. The number of methoxy groups -OCH3 is 1. The fraction of sp³-hybridized carbons (Fsp3) is 0.526. The summed E-state index contributed by atoms with van der Waals surface area (Å²) in [6.07, 6.45) is 5.74. The standard InChI is InChI=1S/C19H27N3O3/c1-21-11-16(10-20-21)18-7-5-9-22(18)12-17(23)14-25-13-15-6-3-4-8-19(15)24-2/h3-4,6,8,10-11,17-18,23H,5,7,9,12-14H2,1-2H3/t17-,18+/m1/s1. The maximum Gasteiger partial charge on any atom is 0.124 e. The number of para-hydroxylation sites is 1. The van der Waals surface area contributed by atoms with Crippen molar-refractivity contribution in [2.75, 3.05) is 26.8 Å². The van der Waals surface area contributed by atoms with Crippen LogP contribution in [0.5, 0.6) is 5.75 Å². The Morgan fingerprint density at radius 2 is 2.20 bits per heavy atom. The number of hydrogen-bond donors (Lipinski definition) is 1. The monoisotopic (exact) mass is 345 g/mol. The summed E-state index contributed by atoms with van der Waals surface area (Å²) in [5.74, 6) is 0.813. The Morgan fingerprint density at radius 1 is 1.36 bits per heavy atom. The highest BCUT2D eigenvalue weighted by Crippen LogP contribution is 2.31. The van der Waals surface area contributed by atoms with Crippen molar-refractivity contribution < 1.29 is 14.6 Å². The molecule has 1 aliphatic heterocycles. The van der Waals surface area contributed by atoms with Gasteiger partial charge >= 0.3 is 0 Å². The Morgan fingerprint density at radius 3 is 2.96 bits per heavy atom. The van der Waals surface area contributed by atoms with Crippen molar-refractivity contribution in [2.24, 2.45) is 7.05 Å². The molecule has 136 valence electrons. The lowest BCUT2D eigenvalue weighted by molar-refractivity contribution is 0.00724. The number of aliphatic hydroxyl groups excluding tert-OH is 1. The molecule has 0 aliphatic carbocycles. The molecule has 1 aromatic heterocycles. The molecule has 0 radical (unpaired) electrons. The van der Waals surface area contributed by atoms with E-state index in [9.17, 15) is 5.11 Å². The average Bonchev–Trinajstić information content (AvgIpc) is 3.24. The molecule has 1 aromatic carbocycles. The zero-order chi connectivity index (χ0) is 17.6. The van der Waals surface area contributed by atoms with E-state index in [1.54, 1.807) is 7.11 Å². The molecule has 2 heterocycles. The van der Waals surface area contributed by atoms with E-state index in [-0.39, 0.29) is 0 Å². The van der Waals surface area contributed by atoms with Gasteiger partial charge < -0.3 is 14.6 Å². The second-order valence-corrected chi connectivity index (χ2v) is 6.58. The molecule has 3 rings (SSSR count). The van der Waals surface area contributed by atoms with Gasteiger partial charge in [-0.05, 0) is 25.5 Å². The summed E-state index contributed by atoms with van der Waals surface area (Å²) in [6.45, 7) is 2.37. The van der Waals surface area contributed by atoms with E-state index >= 15 is 0 Å².